The van der Waals surface area contributed by atoms with Crippen molar-refractivity contribution in [2.24, 2.45) is 10.9 Å². The lowest BCUT2D eigenvalue weighted by Crippen LogP contribution is -2.38. The molecule has 5 nitrogen and oxygen atoms in total. The number of nitrogens with zero attached hydrogens (tertiary/aromatic N) is 1. The van der Waals surface area contributed by atoms with Crippen molar-refractivity contribution < 1.29 is 13.9 Å². The minimum absolute atomic E-state index is 0. The van der Waals surface area contributed by atoms with Gasteiger partial charge >= 0.3 is 0 Å². The Morgan fingerprint density at radius 2 is 2.21 bits per heavy atom. The van der Waals surface area contributed by atoms with Gasteiger partial charge in [0, 0.05) is 37.6 Å². The van der Waals surface area contributed by atoms with E-state index in [1.165, 1.54) is 6.07 Å². The molecule has 2 aliphatic rings. The van der Waals surface area contributed by atoms with Crippen LogP contribution in [0, 0.1) is 11.7 Å². The summed E-state index contributed by atoms with van der Waals surface area (Å²) in [7, 11) is 0. The van der Waals surface area contributed by atoms with Crippen LogP contribution in [0.4, 0.5) is 4.39 Å². The molecule has 1 aliphatic heterocycles. The maximum absolute atomic E-state index is 13.5. The Kier molecular flexibility index (Phi) is 9.94. The summed E-state index contributed by atoms with van der Waals surface area (Å²) in [5, 5.41) is 6.66. The van der Waals surface area contributed by atoms with Crippen LogP contribution in [0.1, 0.15) is 38.2 Å². The van der Waals surface area contributed by atoms with Crippen molar-refractivity contribution in [3.05, 3.63) is 35.6 Å². The third-order valence-corrected chi connectivity index (χ3v) is 5.31. The second-order valence-corrected chi connectivity index (χ2v) is 7.57. The molecule has 2 fully saturated rings. The maximum Gasteiger partial charge on any atom is 0.191 e. The Labute approximate surface area is 184 Å². The molecule has 7 heteroatoms. The molecule has 1 aromatic rings. The van der Waals surface area contributed by atoms with Crippen LogP contribution in [0.2, 0.25) is 0 Å². The van der Waals surface area contributed by atoms with Gasteiger partial charge in [-0.25, -0.2) is 4.39 Å². The van der Waals surface area contributed by atoms with Gasteiger partial charge in [0.25, 0.3) is 0 Å². The van der Waals surface area contributed by atoms with Crippen LogP contribution in [0.25, 0.3) is 0 Å². The first-order valence-electron chi connectivity index (χ1n) is 10.2. The van der Waals surface area contributed by atoms with Gasteiger partial charge in [-0.15, -0.1) is 24.0 Å². The van der Waals surface area contributed by atoms with Gasteiger partial charge in [-0.1, -0.05) is 12.1 Å². The van der Waals surface area contributed by atoms with E-state index in [1.807, 2.05) is 6.07 Å². The third-order valence-electron chi connectivity index (χ3n) is 5.31. The molecular formula is C21H33FIN3O2. The predicted molar refractivity (Wildman–Crippen MR) is 121 cm³/mol. The number of halogens is 2. The molecule has 0 spiro atoms. The van der Waals surface area contributed by atoms with Gasteiger partial charge in [0.05, 0.1) is 19.8 Å². The maximum atomic E-state index is 13.5. The second-order valence-electron chi connectivity index (χ2n) is 7.57. The molecule has 1 aliphatic carbocycles. The first-order valence-corrected chi connectivity index (χ1v) is 10.2. The van der Waals surface area contributed by atoms with Crippen molar-refractivity contribution in [2.75, 3.05) is 46.1 Å². The van der Waals surface area contributed by atoms with Crippen LogP contribution in [0.5, 0.6) is 0 Å². The van der Waals surface area contributed by atoms with E-state index in [4.69, 9.17) is 14.5 Å². The topological polar surface area (TPSA) is 54.9 Å². The summed E-state index contributed by atoms with van der Waals surface area (Å²) >= 11 is 0. The molecule has 158 valence electrons. The van der Waals surface area contributed by atoms with Crippen molar-refractivity contribution >= 4 is 29.9 Å². The van der Waals surface area contributed by atoms with Crippen molar-refractivity contribution in [1.29, 1.82) is 0 Å². The van der Waals surface area contributed by atoms with Crippen LogP contribution in [-0.2, 0) is 14.9 Å². The monoisotopic (exact) mass is 505 g/mol. The highest BCUT2D eigenvalue weighted by Gasteiger charge is 2.44. The smallest absolute Gasteiger partial charge is 0.191 e. The zero-order valence-corrected chi connectivity index (χ0v) is 19.0. The Morgan fingerprint density at radius 3 is 2.89 bits per heavy atom. The molecule has 2 N–H and O–H groups in total. The molecule has 0 aromatic heterocycles. The molecule has 0 bridgehead atoms. The normalized spacial score (nSPS) is 20.5. The van der Waals surface area contributed by atoms with Gasteiger partial charge < -0.3 is 20.1 Å². The van der Waals surface area contributed by atoms with Crippen LogP contribution in [0.15, 0.2) is 29.3 Å². The highest BCUT2D eigenvalue weighted by Crippen LogP contribution is 2.48. The van der Waals surface area contributed by atoms with Crippen molar-refractivity contribution in [3.63, 3.8) is 0 Å². The van der Waals surface area contributed by atoms with Gasteiger partial charge in [-0.2, -0.15) is 0 Å². The quantitative estimate of drug-likeness (QED) is 0.221. The van der Waals surface area contributed by atoms with Crippen LogP contribution in [0.3, 0.4) is 0 Å². The summed E-state index contributed by atoms with van der Waals surface area (Å²) in [5.41, 5.74) is 1.07. The minimum atomic E-state index is -0.169. The molecule has 28 heavy (non-hydrogen) atoms. The molecule has 1 heterocycles. The highest BCUT2D eigenvalue weighted by atomic mass is 127. The van der Waals surface area contributed by atoms with Gasteiger partial charge in [-0.3, -0.25) is 4.99 Å². The van der Waals surface area contributed by atoms with E-state index in [9.17, 15) is 4.39 Å². The fraction of sp³-hybridized carbons (Fsp3) is 0.667. The fourth-order valence-electron chi connectivity index (χ4n) is 3.43. The van der Waals surface area contributed by atoms with E-state index in [0.717, 1.165) is 76.7 Å². The number of aliphatic imine (C=N–C) groups is 1. The van der Waals surface area contributed by atoms with Gasteiger partial charge in [0.1, 0.15) is 5.82 Å². The lowest BCUT2D eigenvalue weighted by atomic mass is 9.96. The third kappa shape index (κ3) is 7.15. The molecule has 3 rings (SSSR count). The summed E-state index contributed by atoms with van der Waals surface area (Å²) in [6, 6.07) is 6.94. The number of benzene rings is 1. The Morgan fingerprint density at radius 1 is 1.36 bits per heavy atom. The number of guanidine groups is 1. The molecular weight excluding hydrogens is 472 g/mol. The predicted octanol–water partition coefficient (Wildman–Crippen LogP) is 3.47. The first-order chi connectivity index (χ1) is 13.2. The van der Waals surface area contributed by atoms with E-state index < -0.39 is 0 Å². The summed E-state index contributed by atoms with van der Waals surface area (Å²) in [6.45, 7) is 7.63. The van der Waals surface area contributed by atoms with Gasteiger partial charge in [0.15, 0.2) is 5.96 Å². The van der Waals surface area contributed by atoms with E-state index in [-0.39, 0.29) is 35.2 Å². The Balaban J connectivity index is 0.00000280. The van der Waals surface area contributed by atoms with E-state index in [0.29, 0.717) is 12.5 Å². The number of rotatable bonds is 10. The van der Waals surface area contributed by atoms with E-state index >= 15 is 0 Å². The van der Waals surface area contributed by atoms with Gasteiger partial charge in [-0.05, 0) is 50.3 Å². The Bertz CT molecular complexity index is 619. The summed E-state index contributed by atoms with van der Waals surface area (Å²) in [4.78, 5) is 4.75. The Hall–Kier alpha value is -0.930. The largest absolute Gasteiger partial charge is 0.381 e. The molecule has 1 unspecified atom stereocenters. The van der Waals surface area contributed by atoms with Gasteiger partial charge in [0.2, 0.25) is 0 Å². The van der Waals surface area contributed by atoms with Crippen LogP contribution in [-0.4, -0.2) is 52.0 Å². The number of nitrogens with one attached hydrogen (secondary N) is 2. The molecule has 0 radical (unpaired) electrons. The minimum Gasteiger partial charge on any atom is -0.381 e. The van der Waals surface area contributed by atoms with Crippen LogP contribution >= 0.6 is 24.0 Å². The molecule has 1 saturated carbocycles. The lowest BCUT2D eigenvalue weighted by molar-refractivity contribution is 0.0888. The lowest BCUT2D eigenvalue weighted by Gasteiger charge is -2.16. The summed E-state index contributed by atoms with van der Waals surface area (Å²) in [6.07, 6.45) is 4.19. The van der Waals surface area contributed by atoms with E-state index in [2.05, 4.69) is 17.6 Å². The number of hydrogen-bond donors (Lipinski definition) is 2. The van der Waals surface area contributed by atoms with Crippen molar-refractivity contribution in [3.8, 4) is 0 Å². The summed E-state index contributed by atoms with van der Waals surface area (Å²) < 4.78 is 24.6. The average molecular weight is 505 g/mol. The van der Waals surface area contributed by atoms with Crippen LogP contribution < -0.4 is 10.6 Å². The average Bonchev–Trinajstić information content (AvgIpc) is 3.29. The zero-order chi connectivity index (χ0) is 19.0. The summed E-state index contributed by atoms with van der Waals surface area (Å²) in [5.74, 6) is 1.22. The fourth-order valence-corrected chi connectivity index (χ4v) is 3.43. The number of hydrogen-bond acceptors (Lipinski definition) is 3. The van der Waals surface area contributed by atoms with E-state index in [1.54, 1.807) is 12.1 Å². The number of ether oxygens (including phenoxy) is 2. The molecule has 1 aromatic carbocycles. The second kappa shape index (κ2) is 11.9. The van der Waals surface area contributed by atoms with Crippen molar-refractivity contribution in [2.45, 2.75) is 38.0 Å². The molecule has 1 atom stereocenters. The first kappa shape index (κ1) is 23.3. The SMILES string of the molecule is CCNC(=NCC1(c2cccc(F)c2)CC1)NCCCOCC1CCOC1.I. The zero-order valence-electron chi connectivity index (χ0n) is 16.7. The standard InChI is InChI=1S/C21H32FN3O2.HI/c1-2-23-20(24-10-4-11-26-14-17-7-12-27-15-17)25-16-21(8-9-21)18-5-3-6-19(22)13-18;/h3,5-6,13,17H,2,4,7-12,14-16H2,1H3,(H2,23,24,25);1H. The molecule has 1 saturated heterocycles. The highest BCUT2D eigenvalue weighted by molar-refractivity contribution is 14.0. The van der Waals surface area contributed by atoms with Crippen molar-refractivity contribution in [1.82, 2.24) is 10.6 Å². The molecule has 0 amide bonds.